The van der Waals surface area contributed by atoms with Gasteiger partial charge in [0, 0.05) is 5.54 Å². The Balaban J connectivity index is 2.20. The van der Waals surface area contributed by atoms with E-state index < -0.39 is 0 Å². The van der Waals surface area contributed by atoms with Gasteiger partial charge in [0.05, 0.1) is 6.54 Å². The number of anilines is 2. The third-order valence-electron chi connectivity index (χ3n) is 2.77. The van der Waals surface area contributed by atoms with Gasteiger partial charge in [-0.05, 0) is 38.8 Å². The summed E-state index contributed by atoms with van der Waals surface area (Å²) in [7, 11) is 0. The van der Waals surface area contributed by atoms with Crippen molar-refractivity contribution in [2.24, 2.45) is 0 Å². The van der Waals surface area contributed by atoms with Gasteiger partial charge in [-0.1, -0.05) is 24.3 Å². The molecule has 0 amide bonds. The average molecular weight is 259 g/mol. The summed E-state index contributed by atoms with van der Waals surface area (Å²) >= 11 is 0. The highest BCUT2D eigenvalue weighted by Crippen LogP contribution is 2.15. The number of rotatable bonds is 3. The van der Waals surface area contributed by atoms with Crippen LogP contribution in [0.2, 0.25) is 0 Å². The van der Waals surface area contributed by atoms with E-state index in [9.17, 15) is 0 Å². The first-order chi connectivity index (χ1) is 8.85. The van der Waals surface area contributed by atoms with E-state index in [-0.39, 0.29) is 5.54 Å². The predicted molar refractivity (Wildman–Crippen MR) is 78.1 cm³/mol. The molecule has 1 heterocycles. The minimum atomic E-state index is -0.0821. The number of nitrogen functional groups attached to an aromatic ring is 1. The molecule has 2 aromatic rings. The van der Waals surface area contributed by atoms with Gasteiger partial charge in [0.2, 0.25) is 11.9 Å². The van der Waals surface area contributed by atoms with Crippen LogP contribution in [0, 0.1) is 6.92 Å². The molecule has 0 aliphatic carbocycles. The maximum Gasteiger partial charge on any atom is 0.244 e. The van der Waals surface area contributed by atoms with Crippen molar-refractivity contribution in [2.75, 3.05) is 11.1 Å². The molecular weight excluding hydrogens is 238 g/mol. The largest absolute Gasteiger partial charge is 0.368 e. The van der Waals surface area contributed by atoms with Crippen molar-refractivity contribution in [2.45, 2.75) is 39.8 Å². The lowest BCUT2D eigenvalue weighted by molar-refractivity contribution is 0.619. The van der Waals surface area contributed by atoms with E-state index in [4.69, 9.17) is 5.73 Å². The van der Waals surface area contributed by atoms with Crippen molar-refractivity contribution in [3.05, 3.63) is 35.4 Å². The molecule has 0 aliphatic rings. The van der Waals surface area contributed by atoms with Crippen LogP contribution >= 0.6 is 0 Å². The average Bonchev–Trinajstić information content (AvgIpc) is 2.60. The molecule has 19 heavy (non-hydrogen) atoms. The number of benzene rings is 1. The molecule has 1 aromatic carbocycles. The smallest absolute Gasteiger partial charge is 0.244 e. The Bertz CT molecular complexity index is 565. The second-order valence-corrected chi connectivity index (χ2v) is 5.75. The van der Waals surface area contributed by atoms with E-state index in [1.807, 2.05) is 12.1 Å². The molecule has 5 nitrogen and oxygen atoms in total. The minimum Gasteiger partial charge on any atom is -0.368 e. The SMILES string of the molecule is Cc1ccccc1Cn1nc(NC(C)(C)C)nc1N. The van der Waals surface area contributed by atoms with E-state index in [2.05, 4.69) is 55.2 Å². The van der Waals surface area contributed by atoms with Crippen LogP contribution in [0.5, 0.6) is 0 Å². The summed E-state index contributed by atoms with van der Waals surface area (Å²) in [6.45, 7) is 8.90. The molecule has 0 bridgehead atoms. The molecule has 0 saturated heterocycles. The number of nitrogens with zero attached hydrogens (tertiary/aromatic N) is 3. The van der Waals surface area contributed by atoms with Gasteiger partial charge in [-0.3, -0.25) is 0 Å². The molecule has 102 valence electrons. The second kappa shape index (κ2) is 4.91. The highest BCUT2D eigenvalue weighted by molar-refractivity contribution is 5.35. The summed E-state index contributed by atoms with van der Waals surface area (Å²) in [6, 6.07) is 8.20. The summed E-state index contributed by atoms with van der Waals surface area (Å²) in [5.74, 6) is 0.994. The van der Waals surface area contributed by atoms with E-state index >= 15 is 0 Å². The van der Waals surface area contributed by atoms with Gasteiger partial charge in [-0.15, -0.1) is 5.10 Å². The van der Waals surface area contributed by atoms with Gasteiger partial charge in [0.1, 0.15) is 0 Å². The normalized spacial score (nSPS) is 11.6. The number of nitrogens with one attached hydrogen (secondary N) is 1. The number of nitrogens with two attached hydrogens (primary N) is 1. The molecule has 0 saturated carbocycles. The quantitative estimate of drug-likeness (QED) is 0.888. The van der Waals surface area contributed by atoms with E-state index in [0.717, 1.165) is 0 Å². The molecule has 0 radical (unpaired) electrons. The van der Waals surface area contributed by atoms with Gasteiger partial charge in [0.25, 0.3) is 0 Å². The van der Waals surface area contributed by atoms with Gasteiger partial charge in [-0.2, -0.15) is 4.98 Å². The third-order valence-corrected chi connectivity index (χ3v) is 2.77. The van der Waals surface area contributed by atoms with Crippen LogP contribution < -0.4 is 11.1 Å². The molecule has 5 heteroatoms. The molecule has 1 aromatic heterocycles. The zero-order valence-electron chi connectivity index (χ0n) is 11.9. The number of hydrogen-bond donors (Lipinski definition) is 2. The standard InChI is InChI=1S/C14H21N5/c1-10-7-5-6-8-11(10)9-19-12(15)16-13(18-19)17-14(2,3)4/h5-8H,9H2,1-4H3,(H3,15,16,17,18). The summed E-state index contributed by atoms with van der Waals surface area (Å²) in [5.41, 5.74) is 8.25. The first-order valence-electron chi connectivity index (χ1n) is 6.38. The number of aryl methyl sites for hydroxylation is 1. The van der Waals surface area contributed by atoms with Gasteiger partial charge in [-0.25, -0.2) is 4.68 Å². The lowest BCUT2D eigenvalue weighted by atomic mass is 10.1. The van der Waals surface area contributed by atoms with Gasteiger partial charge < -0.3 is 11.1 Å². The van der Waals surface area contributed by atoms with Crippen molar-refractivity contribution < 1.29 is 0 Å². The molecule has 0 spiro atoms. The molecule has 0 aliphatic heterocycles. The van der Waals surface area contributed by atoms with Crippen LogP contribution in [0.3, 0.4) is 0 Å². The van der Waals surface area contributed by atoms with Crippen LogP contribution in [-0.4, -0.2) is 20.3 Å². The van der Waals surface area contributed by atoms with Crippen LogP contribution in [0.1, 0.15) is 31.9 Å². The van der Waals surface area contributed by atoms with Crippen LogP contribution in [0.25, 0.3) is 0 Å². The zero-order chi connectivity index (χ0) is 14.0. The van der Waals surface area contributed by atoms with Gasteiger partial charge >= 0.3 is 0 Å². The van der Waals surface area contributed by atoms with Crippen molar-refractivity contribution in [1.82, 2.24) is 14.8 Å². The Morgan fingerprint density at radius 2 is 1.95 bits per heavy atom. The van der Waals surface area contributed by atoms with Crippen molar-refractivity contribution in [1.29, 1.82) is 0 Å². The Morgan fingerprint density at radius 3 is 2.58 bits per heavy atom. The molecule has 0 fully saturated rings. The zero-order valence-corrected chi connectivity index (χ0v) is 11.9. The number of aromatic nitrogens is 3. The monoisotopic (exact) mass is 259 g/mol. The Morgan fingerprint density at radius 1 is 1.26 bits per heavy atom. The van der Waals surface area contributed by atoms with E-state index in [1.165, 1.54) is 11.1 Å². The summed E-state index contributed by atoms with van der Waals surface area (Å²) in [4.78, 5) is 4.24. The van der Waals surface area contributed by atoms with Crippen LogP contribution in [0.4, 0.5) is 11.9 Å². The maximum atomic E-state index is 5.91. The molecule has 2 rings (SSSR count). The first kappa shape index (κ1) is 13.4. The van der Waals surface area contributed by atoms with Crippen molar-refractivity contribution >= 4 is 11.9 Å². The summed E-state index contributed by atoms with van der Waals surface area (Å²) < 4.78 is 1.72. The maximum absolute atomic E-state index is 5.91. The first-order valence-corrected chi connectivity index (χ1v) is 6.38. The fourth-order valence-electron chi connectivity index (χ4n) is 1.81. The van der Waals surface area contributed by atoms with E-state index in [1.54, 1.807) is 4.68 Å². The predicted octanol–water partition coefficient (Wildman–Crippen LogP) is 2.43. The van der Waals surface area contributed by atoms with Crippen LogP contribution in [0.15, 0.2) is 24.3 Å². The Labute approximate surface area is 113 Å². The number of hydrogen-bond acceptors (Lipinski definition) is 4. The molecule has 0 unspecified atom stereocenters. The van der Waals surface area contributed by atoms with Gasteiger partial charge in [0.15, 0.2) is 0 Å². The highest BCUT2D eigenvalue weighted by atomic mass is 15.4. The Kier molecular flexibility index (Phi) is 3.46. The fourth-order valence-corrected chi connectivity index (χ4v) is 1.81. The third kappa shape index (κ3) is 3.47. The second-order valence-electron chi connectivity index (χ2n) is 5.75. The molecule has 3 N–H and O–H groups in total. The Hall–Kier alpha value is -2.04. The lowest BCUT2D eigenvalue weighted by Crippen LogP contribution is -2.26. The molecular formula is C14H21N5. The van der Waals surface area contributed by atoms with Crippen LogP contribution in [-0.2, 0) is 6.54 Å². The highest BCUT2D eigenvalue weighted by Gasteiger charge is 2.14. The summed E-state index contributed by atoms with van der Waals surface area (Å²) in [6.07, 6.45) is 0. The van der Waals surface area contributed by atoms with E-state index in [0.29, 0.717) is 18.4 Å². The minimum absolute atomic E-state index is 0.0821. The fraction of sp³-hybridized carbons (Fsp3) is 0.429. The molecule has 0 atom stereocenters. The summed E-state index contributed by atoms with van der Waals surface area (Å²) in [5, 5.41) is 7.62. The van der Waals surface area contributed by atoms with Crippen molar-refractivity contribution in [3.63, 3.8) is 0 Å². The lowest BCUT2D eigenvalue weighted by Gasteiger charge is -2.18. The van der Waals surface area contributed by atoms with Crippen molar-refractivity contribution in [3.8, 4) is 0 Å². The topological polar surface area (TPSA) is 68.8 Å².